The third kappa shape index (κ3) is 8.53. The summed E-state index contributed by atoms with van der Waals surface area (Å²) < 4.78 is 6.00. The molecule has 0 aliphatic heterocycles. The van der Waals surface area contributed by atoms with Crippen LogP contribution < -0.4 is 15.5 Å². The molecule has 148 valence electrons. The maximum Gasteiger partial charge on any atom is 0.191 e. The predicted octanol–water partition coefficient (Wildman–Crippen LogP) is 3.17. The van der Waals surface area contributed by atoms with E-state index < -0.39 is 0 Å². The highest BCUT2D eigenvalue weighted by atomic mass is 127. The summed E-state index contributed by atoms with van der Waals surface area (Å²) in [5.41, 5.74) is 1.18. The molecule has 0 spiro atoms. The highest BCUT2D eigenvalue weighted by molar-refractivity contribution is 14.0. The largest absolute Gasteiger partial charge is 0.376 e. The number of nitrogens with one attached hydrogen (secondary N) is 2. The average molecular weight is 475 g/mol. The molecule has 0 radical (unpaired) electrons. The molecule has 1 heterocycles. The fourth-order valence-electron chi connectivity index (χ4n) is 3.03. The normalized spacial score (nSPS) is 15.7. The standard InChI is InChI=1S/C19H33N5O.HI/c1-20-19(22-12-13-25-17-8-6-4-5-7-9-17)23-15-16-10-11-21-18(14-16)24(2)3;/h10-11,14,17H,4-9,12-13,15H2,1-3H3,(H2,20,22,23);1H. The van der Waals surface area contributed by atoms with Crippen molar-refractivity contribution in [3.63, 3.8) is 0 Å². The maximum atomic E-state index is 6.00. The van der Waals surface area contributed by atoms with Crippen LogP contribution in [-0.4, -0.2) is 51.3 Å². The summed E-state index contributed by atoms with van der Waals surface area (Å²) in [7, 11) is 5.78. The van der Waals surface area contributed by atoms with Crippen LogP contribution in [0, 0.1) is 0 Å². The van der Waals surface area contributed by atoms with E-state index >= 15 is 0 Å². The minimum Gasteiger partial charge on any atom is -0.376 e. The van der Waals surface area contributed by atoms with Gasteiger partial charge in [-0.15, -0.1) is 24.0 Å². The molecule has 7 heteroatoms. The number of hydrogen-bond donors (Lipinski definition) is 2. The quantitative estimate of drug-likeness (QED) is 0.209. The lowest BCUT2D eigenvalue weighted by molar-refractivity contribution is 0.0468. The van der Waals surface area contributed by atoms with Gasteiger partial charge in [0.2, 0.25) is 0 Å². The van der Waals surface area contributed by atoms with Crippen molar-refractivity contribution in [1.29, 1.82) is 0 Å². The summed E-state index contributed by atoms with van der Waals surface area (Å²) in [5.74, 6) is 1.76. The van der Waals surface area contributed by atoms with Gasteiger partial charge in [-0.3, -0.25) is 4.99 Å². The van der Waals surface area contributed by atoms with E-state index in [1.54, 1.807) is 7.05 Å². The fourth-order valence-corrected chi connectivity index (χ4v) is 3.03. The summed E-state index contributed by atoms with van der Waals surface area (Å²) in [6.07, 6.45) is 10.0. The molecule has 1 aliphatic rings. The zero-order valence-electron chi connectivity index (χ0n) is 16.3. The van der Waals surface area contributed by atoms with Gasteiger partial charge in [-0.2, -0.15) is 0 Å². The van der Waals surface area contributed by atoms with Gasteiger partial charge in [0.25, 0.3) is 0 Å². The molecule has 26 heavy (non-hydrogen) atoms. The van der Waals surface area contributed by atoms with E-state index in [-0.39, 0.29) is 24.0 Å². The molecule has 1 saturated carbocycles. The number of rotatable bonds is 7. The molecule has 1 aromatic heterocycles. The fraction of sp³-hybridized carbons (Fsp3) is 0.684. The van der Waals surface area contributed by atoms with Crippen molar-refractivity contribution in [2.24, 2.45) is 4.99 Å². The number of guanidine groups is 1. The molecule has 0 amide bonds. The van der Waals surface area contributed by atoms with Crippen molar-refractivity contribution >= 4 is 35.8 Å². The van der Waals surface area contributed by atoms with Gasteiger partial charge < -0.3 is 20.3 Å². The molecule has 6 nitrogen and oxygen atoms in total. The van der Waals surface area contributed by atoms with Gasteiger partial charge in [0.1, 0.15) is 5.82 Å². The number of ether oxygens (including phenoxy) is 1. The second-order valence-corrected chi connectivity index (χ2v) is 6.75. The van der Waals surface area contributed by atoms with E-state index in [9.17, 15) is 0 Å². The molecule has 0 saturated heterocycles. The van der Waals surface area contributed by atoms with Crippen molar-refractivity contribution in [3.05, 3.63) is 23.9 Å². The molecule has 2 rings (SSSR count). The summed E-state index contributed by atoms with van der Waals surface area (Å²) in [4.78, 5) is 10.6. The molecule has 1 fully saturated rings. The first kappa shape index (κ1) is 23.0. The van der Waals surface area contributed by atoms with E-state index in [2.05, 4.69) is 26.7 Å². The van der Waals surface area contributed by atoms with Gasteiger partial charge in [0, 0.05) is 40.4 Å². The molecule has 0 atom stereocenters. The molecule has 2 N–H and O–H groups in total. The number of hydrogen-bond acceptors (Lipinski definition) is 4. The second kappa shape index (κ2) is 13.1. The van der Waals surface area contributed by atoms with Crippen molar-refractivity contribution in [1.82, 2.24) is 15.6 Å². The number of pyridine rings is 1. The number of halogens is 1. The van der Waals surface area contributed by atoms with Crippen LogP contribution in [0.4, 0.5) is 5.82 Å². The minimum atomic E-state index is 0. The Bertz CT molecular complexity index is 530. The lowest BCUT2D eigenvalue weighted by Crippen LogP contribution is -2.39. The van der Waals surface area contributed by atoms with Crippen molar-refractivity contribution < 1.29 is 4.74 Å². The van der Waals surface area contributed by atoms with Crippen LogP contribution in [0.2, 0.25) is 0 Å². The Morgan fingerprint density at radius 2 is 1.96 bits per heavy atom. The number of nitrogens with zero attached hydrogens (tertiary/aromatic N) is 3. The Balaban J connectivity index is 0.00000338. The Morgan fingerprint density at radius 1 is 1.23 bits per heavy atom. The Labute approximate surface area is 175 Å². The van der Waals surface area contributed by atoms with Crippen LogP contribution in [-0.2, 0) is 11.3 Å². The van der Waals surface area contributed by atoms with E-state index in [1.165, 1.54) is 44.1 Å². The van der Waals surface area contributed by atoms with E-state index in [0.29, 0.717) is 12.6 Å². The van der Waals surface area contributed by atoms with Gasteiger partial charge in [0.05, 0.1) is 12.7 Å². The first-order chi connectivity index (χ1) is 12.2. The molecular weight excluding hydrogens is 441 g/mol. The zero-order valence-corrected chi connectivity index (χ0v) is 18.7. The number of aromatic nitrogens is 1. The van der Waals surface area contributed by atoms with Crippen LogP contribution in [0.1, 0.15) is 44.1 Å². The summed E-state index contributed by atoms with van der Waals surface area (Å²) in [5, 5.41) is 6.66. The molecule has 1 aliphatic carbocycles. The van der Waals surface area contributed by atoms with Crippen LogP contribution in [0.5, 0.6) is 0 Å². The third-order valence-corrected chi connectivity index (χ3v) is 4.50. The molecule has 0 aromatic carbocycles. The monoisotopic (exact) mass is 475 g/mol. The number of anilines is 1. The lowest BCUT2D eigenvalue weighted by atomic mass is 10.1. The Kier molecular flexibility index (Phi) is 11.6. The zero-order chi connectivity index (χ0) is 17.9. The Hall–Kier alpha value is -1.09. The van der Waals surface area contributed by atoms with Gasteiger partial charge in [-0.1, -0.05) is 25.7 Å². The average Bonchev–Trinajstić information content (AvgIpc) is 2.90. The molecule has 0 unspecified atom stereocenters. The van der Waals surface area contributed by atoms with Gasteiger partial charge in [0.15, 0.2) is 5.96 Å². The first-order valence-corrected chi connectivity index (χ1v) is 9.37. The minimum absolute atomic E-state index is 0. The van der Waals surface area contributed by atoms with E-state index in [0.717, 1.165) is 24.9 Å². The van der Waals surface area contributed by atoms with E-state index in [4.69, 9.17) is 4.74 Å². The van der Waals surface area contributed by atoms with Crippen molar-refractivity contribution in [2.75, 3.05) is 39.2 Å². The van der Waals surface area contributed by atoms with Gasteiger partial charge >= 0.3 is 0 Å². The Morgan fingerprint density at radius 3 is 2.62 bits per heavy atom. The van der Waals surface area contributed by atoms with Crippen LogP contribution in [0.25, 0.3) is 0 Å². The maximum absolute atomic E-state index is 6.00. The molecule has 1 aromatic rings. The first-order valence-electron chi connectivity index (χ1n) is 9.37. The third-order valence-electron chi connectivity index (χ3n) is 4.50. The summed E-state index contributed by atoms with van der Waals surface area (Å²) >= 11 is 0. The van der Waals surface area contributed by atoms with Crippen molar-refractivity contribution in [2.45, 2.75) is 51.2 Å². The smallest absolute Gasteiger partial charge is 0.191 e. The van der Waals surface area contributed by atoms with Crippen molar-refractivity contribution in [3.8, 4) is 0 Å². The van der Waals surface area contributed by atoms with Crippen LogP contribution >= 0.6 is 24.0 Å². The topological polar surface area (TPSA) is 61.8 Å². The highest BCUT2D eigenvalue weighted by Crippen LogP contribution is 2.19. The van der Waals surface area contributed by atoms with Gasteiger partial charge in [-0.25, -0.2) is 4.98 Å². The van der Waals surface area contributed by atoms with Crippen LogP contribution in [0.3, 0.4) is 0 Å². The second-order valence-electron chi connectivity index (χ2n) is 6.75. The van der Waals surface area contributed by atoms with E-state index in [1.807, 2.05) is 31.3 Å². The predicted molar refractivity (Wildman–Crippen MR) is 120 cm³/mol. The molecule has 0 bridgehead atoms. The SMILES string of the molecule is CN=C(NCCOC1CCCCCC1)NCc1ccnc(N(C)C)c1.I. The highest BCUT2D eigenvalue weighted by Gasteiger charge is 2.12. The molecular formula is C19H34IN5O. The lowest BCUT2D eigenvalue weighted by Gasteiger charge is -2.17. The number of aliphatic imine (C=N–C) groups is 1. The van der Waals surface area contributed by atoms with Gasteiger partial charge in [-0.05, 0) is 30.5 Å². The summed E-state index contributed by atoms with van der Waals surface area (Å²) in [6.45, 7) is 2.22. The van der Waals surface area contributed by atoms with Crippen LogP contribution in [0.15, 0.2) is 23.3 Å². The summed E-state index contributed by atoms with van der Waals surface area (Å²) in [6, 6.07) is 4.10.